The molecule has 0 spiro atoms. The second kappa shape index (κ2) is 11.9. The smallest absolute Gasteiger partial charge is 0.262 e. The van der Waals surface area contributed by atoms with Crippen LogP contribution < -0.4 is 9.46 Å². The summed E-state index contributed by atoms with van der Waals surface area (Å²) in [5.74, 6) is -0.251. The first kappa shape index (κ1) is 27.6. The van der Waals surface area contributed by atoms with E-state index in [0.29, 0.717) is 19.6 Å². The number of hydrogen-bond donors (Lipinski definition) is 2. The molecule has 0 aliphatic carbocycles. The van der Waals surface area contributed by atoms with Crippen LogP contribution in [-0.4, -0.2) is 73.1 Å². The zero-order valence-electron chi connectivity index (χ0n) is 21.8. The summed E-state index contributed by atoms with van der Waals surface area (Å²) in [4.78, 5) is 21.6. The number of aromatic nitrogens is 1. The van der Waals surface area contributed by atoms with E-state index < -0.39 is 16.1 Å². The highest BCUT2D eigenvalue weighted by atomic mass is 32.2. The number of anilines is 1. The van der Waals surface area contributed by atoms with Crippen LogP contribution in [0.4, 0.5) is 5.69 Å². The highest BCUT2D eigenvalue weighted by molar-refractivity contribution is 7.92. The number of benzene rings is 2. The van der Waals surface area contributed by atoms with E-state index in [2.05, 4.69) is 14.6 Å². The van der Waals surface area contributed by atoms with Gasteiger partial charge in [0, 0.05) is 37.9 Å². The minimum atomic E-state index is -3.93. The summed E-state index contributed by atoms with van der Waals surface area (Å²) in [5.41, 5.74) is 1.53. The molecule has 2 N–H and O–H groups in total. The minimum Gasteiger partial charge on any atom is -0.486 e. The third-order valence-electron chi connectivity index (χ3n) is 6.68. The number of nitrogens with zero attached hydrogens (tertiary/aromatic N) is 3. The van der Waals surface area contributed by atoms with E-state index in [-0.39, 0.29) is 46.4 Å². The van der Waals surface area contributed by atoms with Gasteiger partial charge in [0.25, 0.3) is 15.9 Å². The largest absolute Gasteiger partial charge is 0.486 e. The summed E-state index contributed by atoms with van der Waals surface area (Å²) >= 11 is 0. The number of para-hydroxylation sites is 1. The molecule has 38 heavy (non-hydrogen) atoms. The maximum absolute atomic E-state index is 13.6. The molecule has 10 heteroatoms. The third-order valence-corrected chi connectivity index (χ3v) is 8.06. The Kier molecular flexibility index (Phi) is 8.65. The van der Waals surface area contributed by atoms with Crippen LogP contribution in [0.2, 0.25) is 0 Å². The number of amides is 1. The van der Waals surface area contributed by atoms with Gasteiger partial charge in [-0.2, -0.15) is 0 Å². The van der Waals surface area contributed by atoms with E-state index in [4.69, 9.17) is 4.74 Å². The van der Waals surface area contributed by atoms with Crippen LogP contribution in [0.5, 0.6) is 5.75 Å². The number of ether oxygens (including phenoxy) is 1. The molecule has 4 rings (SSSR count). The van der Waals surface area contributed by atoms with Crippen molar-refractivity contribution in [3.05, 3.63) is 84.2 Å². The Balaban J connectivity index is 1.71. The third kappa shape index (κ3) is 6.32. The first-order valence-electron chi connectivity index (χ1n) is 12.6. The Morgan fingerprint density at radius 1 is 1.13 bits per heavy atom. The molecule has 2 aromatic carbocycles. The van der Waals surface area contributed by atoms with Gasteiger partial charge in [-0.15, -0.1) is 0 Å². The lowest BCUT2D eigenvalue weighted by Gasteiger charge is -2.38. The molecule has 1 aliphatic rings. The molecule has 3 atom stereocenters. The molecule has 1 aromatic heterocycles. The van der Waals surface area contributed by atoms with E-state index in [1.165, 1.54) is 12.1 Å². The van der Waals surface area contributed by atoms with Gasteiger partial charge in [0.2, 0.25) is 0 Å². The topological polar surface area (TPSA) is 112 Å². The number of aliphatic hydroxyl groups is 1. The molecule has 0 fully saturated rings. The van der Waals surface area contributed by atoms with Gasteiger partial charge in [0.05, 0.1) is 28.8 Å². The lowest BCUT2D eigenvalue weighted by molar-refractivity contribution is 0.0344. The molecule has 0 unspecified atom stereocenters. The van der Waals surface area contributed by atoms with Crippen molar-refractivity contribution in [2.45, 2.75) is 37.4 Å². The highest BCUT2D eigenvalue weighted by Crippen LogP contribution is 2.36. The number of sulfonamides is 1. The average Bonchev–Trinajstić information content (AvgIpc) is 2.91. The second-order valence-electron chi connectivity index (χ2n) is 9.78. The number of pyridine rings is 1. The number of likely N-dealkylation sites (N-methyl/N-ethyl adjacent to an activating group) is 1. The van der Waals surface area contributed by atoms with E-state index in [1.54, 1.807) is 60.6 Å². The maximum Gasteiger partial charge on any atom is 0.262 e. The predicted octanol–water partition coefficient (Wildman–Crippen LogP) is 3.23. The van der Waals surface area contributed by atoms with Crippen molar-refractivity contribution >= 4 is 21.6 Å². The van der Waals surface area contributed by atoms with Crippen LogP contribution in [0, 0.1) is 5.92 Å². The predicted molar refractivity (Wildman–Crippen MR) is 145 cm³/mol. The van der Waals surface area contributed by atoms with Crippen molar-refractivity contribution < 1.29 is 23.1 Å². The number of aliphatic hydroxyl groups excluding tert-OH is 1. The van der Waals surface area contributed by atoms with E-state index in [9.17, 15) is 18.3 Å². The number of carbonyl (C=O) groups is 1. The fraction of sp³-hybridized carbons (Fsp3) is 0.357. The van der Waals surface area contributed by atoms with Crippen molar-refractivity contribution in [2.75, 3.05) is 31.5 Å². The van der Waals surface area contributed by atoms with Crippen molar-refractivity contribution in [3.8, 4) is 5.75 Å². The fourth-order valence-corrected chi connectivity index (χ4v) is 5.60. The lowest BCUT2D eigenvalue weighted by Crippen LogP contribution is -2.49. The van der Waals surface area contributed by atoms with Crippen molar-refractivity contribution in [1.29, 1.82) is 0 Å². The Hall–Kier alpha value is -3.47. The van der Waals surface area contributed by atoms with Crippen LogP contribution >= 0.6 is 0 Å². The summed E-state index contributed by atoms with van der Waals surface area (Å²) in [5, 5.41) is 9.88. The summed E-state index contributed by atoms with van der Waals surface area (Å²) in [6, 6.07) is 16.4. The van der Waals surface area contributed by atoms with Gasteiger partial charge < -0.3 is 14.7 Å². The highest BCUT2D eigenvalue weighted by Gasteiger charge is 2.35. The molecule has 202 valence electrons. The Morgan fingerprint density at radius 3 is 2.53 bits per heavy atom. The minimum absolute atomic E-state index is 0.104. The van der Waals surface area contributed by atoms with Gasteiger partial charge in [-0.1, -0.05) is 31.2 Å². The molecule has 1 aliphatic heterocycles. The lowest BCUT2D eigenvalue weighted by atomic mass is 9.99. The van der Waals surface area contributed by atoms with Gasteiger partial charge in [0.15, 0.2) is 5.75 Å². The molecule has 0 saturated carbocycles. The number of rotatable bonds is 9. The number of hydrogen-bond acceptors (Lipinski definition) is 7. The van der Waals surface area contributed by atoms with Crippen LogP contribution in [0.15, 0.2) is 78.0 Å². The molecule has 0 radical (unpaired) electrons. The number of fused-ring (bicyclic) bond motifs is 1. The second-order valence-corrected chi connectivity index (χ2v) is 11.5. The zero-order chi connectivity index (χ0) is 27.3. The standard InChI is InChI=1S/C28H34N4O5S/c1-20-16-32(21(2)19-33)28(34)24-10-7-11-25(30-38(35,36)23-8-5-4-6-9-23)27(24)37-26(20)18-31(3)17-22-12-14-29-15-13-22/h4-15,20-21,26,30,33H,16-19H2,1-3H3/t20-,21+,26+/m1/s1. The summed E-state index contributed by atoms with van der Waals surface area (Å²) in [6.07, 6.45) is 3.13. The normalized spacial score (nSPS) is 18.8. The van der Waals surface area contributed by atoms with Gasteiger partial charge in [0.1, 0.15) is 6.10 Å². The van der Waals surface area contributed by atoms with E-state index in [1.807, 2.05) is 26.1 Å². The molecular formula is C28H34N4O5S. The first-order valence-corrected chi connectivity index (χ1v) is 14.0. The monoisotopic (exact) mass is 538 g/mol. The quantitative estimate of drug-likeness (QED) is 0.430. The van der Waals surface area contributed by atoms with Crippen LogP contribution in [-0.2, 0) is 16.6 Å². The Bertz CT molecular complexity index is 1340. The zero-order valence-corrected chi connectivity index (χ0v) is 22.6. The van der Waals surface area contributed by atoms with Crippen molar-refractivity contribution in [3.63, 3.8) is 0 Å². The molecule has 0 bridgehead atoms. The Morgan fingerprint density at radius 2 is 1.84 bits per heavy atom. The number of carbonyl (C=O) groups excluding carboxylic acids is 1. The van der Waals surface area contributed by atoms with Gasteiger partial charge in [-0.05, 0) is 55.9 Å². The molecular weight excluding hydrogens is 504 g/mol. The molecule has 9 nitrogen and oxygen atoms in total. The summed E-state index contributed by atoms with van der Waals surface area (Å²) < 4.78 is 35.5. The van der Waals surface area contributed by atoms with Gasteiger partial charge in [-0.25, -0.2) is 8.42 Å². The van der Waals surface area contributed by atoms with Gasteiger partial charge in [-0.3, -0.25) is 19.4 Å². The molecule has 0 saturated heterocycles. The Labute approximate surface area is 224 Å². The van der Waals surface area contributed by atoms with E-state index in [0.717, 1.165) is 5.56 Å². The summed E-state index contributed by atoms with van der Waals surface area (Å²) in [7, 11) is -1.94. The maximum atomic E-state index is 13.6. The fourth-order valence-electron chi connectivity index (χ4n) is 4.52. The molecule has 1 amide bonds. The first-order chi connectivity index (χ1) is 18.2. The van der Waals surface area contributed by atoms with E-state index >= 15 is 0 Å². The van der Waals surface area contributed by atoms with Crippen LogP contribution in [0.25, 0.3) is 0 Å². The van der Waals surface area contributed by atoms with Crippen LogP contribution in [0.3, 0.4) is 0 Å². The SMILES string of the molecule is C[C@@H]1CN([C@@H](C)CO)C(=O)c2cccc(NS(=O)(=O)c3ccccc3)c2O[C@H]1CN(C)Cc1ccncc1. The van der Waals surface area contributed by atoms with Crippen molar-refractivity contribution in [2.24, 2.45) is 5.92 Å². The van der Waals surface area contributed by atoms with Crippen LogP contribution in [0.1, 0.15) is 29.8 Å². The van der Waals surface area contributed by atoms with Crippen molar-refractivity contribution in [1.82, 2.24) is 14.8 Å². The molecule has 3 aromatic rings. The average molecular weight is 539 g/mol. The molecule has 2 heterocycles. The van der Waals surface area contributed by atoms with Gasteiger partial charge >= 0.3 is 0 Å². The number of nitrogens with one attached hydrogen (secondary N) is 1. The summed E-state index contributed by atoms with van der Waals surface area (Å²) in [6.45, 7) is 5.17.